The molecule has 2 nitrogen and oxygen atoms in total. The van der Waals surface area contributed by atoms with Crippen molar-refractivity contribution in [2.24, 2.45) is 0 Å². The maximum Gasteiger partial charge on any atom is 0.166 e. The molecular formula is C8H9BrO2S. The van der Waals surface area contributed by atoms with Gasteiger partial charge < -0.3 is 5.11 Å². The van der Waals surface area contributed by atoms with E-state index < -0.39 is 6.10 Å². The summed E-state index contributed by atoms with van der Waals surface area (Å²) in [6.07, 6.45) is -0.528. The van der Waals surface area contributed by atoms with E-state index in [2.05, 4.69) is 15.9 Å². The highest BCUT2D eigenvalue weighted by molar-refractivity contribution is 9.10. The smallest absolute Gasteiger partial charge is 0.166 e. The molecule has 0 saturated heterocycles. The highest BCUT2D eigenvalue weighted by Crippen LogP contribution is 2.20. The third-order valence-corrected chi connectivity index (χ3v) is 3.13. The molecule has 0 fully saturated rings. The number of Topliss-reactive ketones (excluding diaryl/α,β-unsaturated/α-hetero) is 1. The second-order valence-electron chi connectivity index (χ2n) is 2.55. The van der Waals surface area contributed by atoms with Crippen LogP contribution in [0.15, 0.2) is 15.9 Å². The number of rotatable bonds is 3. The highest BCUT2D eigenvalue weighted by atomic mass is 79.9. The Morgan fingerprint density at radius 2 is 2.50 bits per heavy atom. The van der Waals surface area contributed by atoms with Gasteiger partial charge in [-0.05, 0) is 28.9 Å². The predicted octanol–water partition coefficient (Wildman–Crippen LogP) is 2.00. The minimum atomic E-state index is -0.856. The molecule has 12 heavy (non-hydrogen) atoms. The number of aliphatic hydroxyl groups is 1. The lowest BCUT2D eigenvalue weighted by Gasteiger charge is -1.99. The summed E-state index contributed by atoms with van der Waals surface area (Å²) in [5, 5.41) is 10.9. The van der Waals surface area contributed by atoms with Gasteiger partial charge in [0.25, 0.3) is 0 Å². The number of thiophene rings is 1. The number of halogens is 1. The van der Waals surface area contributed by atoms with Gasteiger partial charge in [-0.15, -0.1) is 11.3 Å². The van der Waals surface area contributed by atoms with Crippen molar-refractivity contribution in [3.63, 3.8) is 0 Å². The number of carbonyl (C=O) groups is 1. The quantitative estimate of drug-likeness (QED) is 0.889. The second-order valence-corrected chi connectivity index (χ2v) is 4.46. The number of carbonyl (C=O) groups excluding carboxylic acids is 1. The minimum Gasteiger partial charge on any atom is -0.386 e. The number of aliphatic hydroxyl groups excluding tert-OH is 1. The van der Waals surface area contributed by atoms with Crippen molar-refractivity contribution in [1.29, 1.82) is 0 Å². The topological polar surface area (TPSA) is 37.3 Å². The number of hydrogen-bond donors (Lipinski definition) is 1. The first-order valence-electron chi connectivity index (χ1n) is 3.53. The Balaban J connectivity index is 2.58. The summed E-state index contributed by atoms with van der Waals surface area (Å²) in [6, 6.07) is 1.89. The van der Waals surface area contributed by atoms with Crippen LogP contribution in [-0.4, -0.2) is 17.0 Å². The SMILES string of the molecule is CC(O)C(=O)Cc1cc(Br)cs1. The number of ketones is 1. The van der Waals surface area contributed by atoms with E-state index in [1.54, 1.807) is 0 Å². The average molecular weight is 249 g/mol. The third kappa shape index (κ3) is 2.69. The molecule has 1 rings (SSSR count). The fraction of sp³-hybridized carbons (Fsp3) is 0.375. The first-order valence-corrected chi connectivity index (χ1v) is 5.20. The molecule has 0 aliphatic rings. The van der Waals surface area contributed by atoms with Crippen LogP contribution in [0.5, 0.6) is 0 Å². The summed E-state index contributed by atoms with van der Waals surface area (Å²) in [4.78, 5) is 12.0. The van der Waals surface area contributed by atoms with Crippen LogP contribution in [0.4, 0.5) is 0 Å². The van der Waals surface area contributed by atoms with E-state index in [4.69, 9.17) is 5.11 Å². The van der Waals surface area contributed by atoms with Gasteiger partial charge in [-0.2, -0.15) is 0 Å². The molecule has 0 aliphatic carbocycles. The van der Waals surface area contributed by atoms with Gasteiger partial charge in [0.1, 0.15) is 6.10 Å². The Labute approximate surface area is 83.4 Å². The Bertz CT molecular complexity index is 280. The lowest BCUT2D eigenvalue weighted by molar-refractivity contribution is -0.125. The molecule has 0 bridgehead atoms. The van der Waals surface area contributed by atoms with Crippen molar-refractivity contribution >= 4 is 33.0 Å². The van der Waals surface area contributed by atoms with Crippen molar-refractivity contribution in [2.45, 2.75) is 19.4 Å². The molecule has 0 amide bonds. The second kappa shape index (κ2) is 4.16. The van der Waals surface area contributed by atoms with Crippen molar-refractivity contribution in [1.82, 2.24) is 0 Å². The van der Waals surface area contributed by atoms with E-state index in [1.165, 1.54) is 18.3 Å². The zero-order valence-electron chi connectivity index (χ0n) is 6.58. The van der Waals surface area contributed by atoms with Gasteiger partial charge in [0.05, 0.1) is 0 Å². The molecule has 1 atom stereocenters. The molecule has 1 N–H and O–H groups in total. The normalized spacial score (nSPS) is 12.9. The maximum atomic E-state index is 11.1. The fourth-order valence-corrected chi connectivity index (χ4v) is 2.23. The van der Waals surface area contributed by atoms with Crippen LogP contribution >= 0.6 is 27.3 Å². The summed E-state index contributed by atoms with van der Waals surface area (Å²) >= 11 is 4.81. The Kier molecular flexibility index (Phi) is 3.43. The molecule has 1 aromatic rings. The van der Waals surface area contributed by atoms with Gasteiger partial charge in [0, 0.05) is 21.2 Å². The van der Waals surface area contributed by atoms with Gasteiger partial charge in [-0.3, -0.25) is 4.79 Å². The molecule has 1 aromatic heterocycles. The summed E-state index contributed by atoms with van der Waals surface area (Å²) in [5.74, 6) is -0.135. The van der Waals surface area contributed by atoms with E-state index in [0.717, 1.165) is 9.35 Å². The summed E-state index contributed by atoms with van der Waals surface area (Å²) in [7, 11) is 0. The Morgan fingerprint density at radius 1 is 1.83 bits per heavy atom. The molecule has 66 valence electrons. The Morgan fingerprint density at radius 3 is 2.92 bits per heavy atom. The first-order chi connectivity index (χ1) is 5.59. The Hall–Kier alpha value is -0.190. The summed E-state index contributed by atoms with van der Waals surface area (Å²) < 4.78 is 0.987. The monoisotopic (exact) mass is 248 g/mol. The van der Waals surface area contributed by atoms with Crippen LogP contribution in [-0.2, 0) is 11.2 Å². The molecule has 0 aliphatic heterocycles. The lowest BCUT2D eigenvalue weighted by atomic mass is 10.2. The van der Waals surface area contributed by atoms with Crippen molar-refractivity contribution < 1.29 is 9.90 Å². The fourth-order valence-electron chi connectivity index (χ4n) is 0.766. The van der Waals surface area contributed by atoms with Crippen LogP contribution in [0, 0.1) is 0 Å². The van der Waals surface area contributed by atoms with Crippen molar-refractivity contribution in [3.05, 3.63) is 20.8 Å². The van der Waals surface area contributed by atoms with Crippen LogP contribution in [0.1, 0.15) is 11.8 Å². The molecule has 4 heteroatoms. The summed E-state index contributed by atoms with van der Waals surface area (Å²) in [6.45, 7) is 1.49. The lowest BCUT2D eigenvalue weighted by Crippen LogP contribution is -2.17. The molecule has 0 spiro atoms. The van der Waals surface area contributed by atoms with E-state index in [-0.39, 0.29) is 5.78 Å². The number of hydrogen-bond acceptors (Lipinski definition) is 3. The standard InChI is InChI=1S/C8H9BrO2S/c1-5(10)8(11)3-7-2-6(9)4-12-7/h2,4-5,10H,3H2,1H3. The minimum absolute atomic E-state index is 0.135. The first kappa shape index (κ1) is 9.89. The zero-order valence-corrected chi connectivity index (χ0v) is 8.98. The summed E-state index contributed by atoms with van der Waals surface area (Å²) in [5.41, 5.74) is 0. The molecule has 0 radical (unpaired) electrons. The van der Waals surface area contributed by atoms with Crippen molar-refractivity contribution in [2.75, 3.05) is 0 Å². The zero-order chi connectivity index (χ0) is 9.14. The van der Waals surface area contributed by atoms with E-state index >= 15 is 0 Å². The average Bonchev–Trinajstić information content (AvgIpc) is 2.35. The van der Waals surface area contributed by atoms with Crippen molar-refractivity contribution in [3.8, 4) is 0 Å². The van der Waals surface area contributed by atoms with Crippen LogP contribution in [0.25, 0.3) is 0 Å². The van der Waals surface area contributed by atoms with Crippen LogP contribution in [0.2, 0.25) is 0 Å². The molecule has 1 heterocycles. The molecule has 0 saturated carbocycles. The van der Waals surface area contributed by atoms with E-state index in [9.17, 15) is 4.79 Å². The van der Waals surface area contributed by atoms with Crippen LogP contribution < -0.4 is 0 Å². The van der Waals surface area contributed by atoms with Gasteiger partial charge >= 0.3 is 0 Å². The predicted molar refractivity (Wildman–Crippen MR) is 52.4 cm³/mol. The van der Waals surface area contributed by atoms with Gasteiger partial charge in [0.15, 0.2) is 5.78 Å². The maximum absolute atomic E-state index is 11.1. The van der Waals surface area contributed by atoms with E-state index in [1.807, 2.05) is 11.4 Å². The molecule has 0 aromatic carbocycles. The van der Waals surface area contributed by atoms with Gasteiger partial charge in [-0.1, -0.05) is 0 Å². The largest absolute Gasteiger partial charge is 0.386 e. The van der Waals surface area contributed by atoms with E-state index in [0.29, 0.717) is 6.42 Å². The highest BCUT2D eigenvalue weighted by Gasteiger charge is 2.10. The molecule has 1 unspecified atom stereocenters. The molecular weight excluding hydrogens is 240 g/mol. The van der Waals surface area contributed by atoms with Gasteiger partial charge in [0.2, 0.25) is 0 Å². The van der Waals surface area contributed by atoms with Gasteiger partial charge in [-0.25, -0.2) is 0 Å². The van der Waals surface area contributed by atoms with Crippen LogP contribution in [0.3, 0.4) is 0 Å². The third-order valence-electron chi connectivity index (χ3n) is 1.44.